The molecule has 31 heavy (non-hydrogen) atoms. The van der Waals surface area contributed by atoms with Crippen LogP contribution in [0, 0.1) is 6.92 Å². The first-order valence-electron chi connectivity index (χ1n) is 11.2. The lowest BCUT2D eigenvalue weighted by atomic mass is 10.0. The number of thioether (sulfide) groups is 2. The Morgan fingerprint density at radius 2 is 1.84 bits per heavy atom. The molecule has 0 spiro atoms. The summed E-state index contributed by atoms with van der Waals surface area (Å²) in [5, 5.41) is 3.15. The van der Waals surface area contributed by atoms with Crippen molar-refractivity contribution < 1.29 is 9.53 Å². The highest BCUT2D eigenvalue weighted by atomic mass is 32.2. The van der Waals surface area contributed by atoms with Gasteiger partial charge in [-0.25, -0.2) is 0 Å². The first kappa shape index (κ1) is 22.6. The Morgan fingerprint density at radius 3 is 2.55 bits per heavy atom. The maximum Gasteiger partial charge on any atom is 0.258 e. The zero-order chi connectivity index (χ0) is 21.5. The first-order chi connectivity index (χ1) is 15.2. The number of aryl methyl sites for hydroxylation is 1. The molecule has 2 aromatic carbocycles. The van der Waals surface area contributed by atoms with Crippen LogP contribution in [-0.2, 0) is 11.3 Å². The molecule has 0 bridgehead atoms. The van der Waals surface area contributed by atoms with Gasteiger partial charge in [0.2, 0.25) is 0 Å². The summed E-state index contributed by atoms with van der Waals surface area (Å²) in [6.07, 6.45) is 3.28. The lowest BCUT2D eigenvalue weighted by molar-refractivity contribution is -0.124. The van der Waals surface area contributed by atoms with Crippen molar-refractivity contribution in [1.82, 2.24) is 10.2 Å². The number of rotatable bonds is 7. The second kappa shape index (κ2) is 11.3. The van der Waals surface area contributed by atoms with Crippen LogP contribution < -0.4 is 10.1 Å². The summed E-state index contributed by atoms with van der Waals surface area (Å²) in [6.45, 7) is 5.22. The SMILES string of the molecule is Cc1cccc(CN2CCC(NC(=O)COc3ccc(C4SCCCS4)cc3)CC2)c1. The van der Waals surface area contributed by atoms with Gasteiger partial charge in [0, 0.05) is 25.7 Å². The fraction of sp³-hybridized carbons (Fsp3) is 0.480. The molecule has 2 aliphatic heterocycles. The third kappa shape index (κ3) is 6.93. The number of carbonyl (C=O) groups excluding carboxylic acids is 1. The molecule has 2 aromatic rings. The van der Waals surface area contributed by atoms with Crippen LogP contribution in [-0.4, -0.2) is 48.1 Å². The minimum atomic E-state index is -0.0281. The summed E-state index contributed by atoms with van der Waals surface area (Å²) in [6, 6.07) is 17.2. The molecule has 1 amide bonds. The molecule has 2 aliphatic rings. The Bertz CT molecular complexity index is 845. The molecule has 2 fully saturated rings. The fourth-order valence-corrected chi connectivity index (χ4v) is 7.02. The number of carbonyl (C=O) groups is 1. The Morgan fingerprint density at radius 1 is 1.10 bits per heavy atom. The molecule has 0 saturated carbocycles. The van der Waals surface area contributed by atoms with E-state index in [1.165, 1.54) is 34.6 Å². The number of hydrogen-bond acceptors (Lipinski definition) is 5. The number of nitrogens with one attached hydrogen (secondary N) is 1. The molecular formula is C25H32N2O2S2. The van der Waals surface area contributed by atoms with Crippen molar-refractivity contribution in [2.45, 2.75) is 43.4 Å². The molecule has 0 aromatic heterocycles. The second-order valence-electron chi connectivity index (χ2n) is 8.39. The van der Waals surface area contributed by atoms with E-state index < -0.39 is 0 Å². The van der Waals surface area contributed by atoms with E-state index in [9.17, 15) is 4.79 Å². The summed E-state index contributed by atoms with van der Waals surface area (Å²) in [5.74, 6) is 3.21. The van der Waals surface area contributed by atoms with E-state index in [0.717, 1.165) is 38.2 Å². The maximum absolute atomic E-state index is 12.4. The van der Waals surface area contributed by atoms with Gasteiger partial charge in [0.05, 0.1) is 4.58 Å². The predicted octanol–water partition coefficient (Wildman–Crippen LogP) is 5.02. The summed E-state index contributed by atoms with van der Waals surface area (Å²) in [5.41, 5.74) is 4.01. The van der Waals surface area contributed by atoms with Gasteiger partial charge in [-0.2, -0.15) is 0 Å². The number of amides is 1. The Labute approximate surface area is 194 Å². The summed E-state index contributed by atoms with van der Waals surface area (Å²) < 4.78 is 6.26. The highest BCUT2D eigenvalue weighted by Crippen LogP contribution is 2.43. The third-order valence-electron chi connectivity index (χ3n) is 5.79. The van der Waals surface area contributed by atoms with Crippen LogP contribution in [0.15, 0.2) is 48.5 Å². The van der Waals surface area contributed by atoms with E-state index in [1.54, 1.807) is 0 Å². The molecule has 0 radical (unpaired) electrons. The number of nitrogens with zero attached hydrogens (tertiary/aromatic N) is 1. The highest BCUT2D eigenvalue weighted by Gasteiger charge is 2.21. The number of ether oxygens (including phenoxy) is 1. The van der Waals surface area contributed by atoms with Crippen molar-refractivity contribution in [3.05, 3.63) is 65.2 Å². The largest absolute Gasteiger partial charge is 0.484 e. The summed E-state index contributed by atoms with van der Waals surface area (Å²) >= 11 is 4.03. The van der Waals surface area contributed by atoms with Gasteiger partial charge in [-0.1, -0.05) is 42.0 Å². The lowest BCUT2D eigenvalue weighted by Crippen LogP contribution is -2.45. The van der Waals surface area contributed by atoms with Crippen LogP contribution in [0.3, 0.4) is 0 Å². The van der Waals surface area contributed by atoms with Crippen molar-refractivity contribution in [3.63, 3.8) is 0 Å². The smallest absolute Gasteiger partial charge is 0.258 e. The van der Waals surface area contributed by atoms with Crippen LogP contribution in [0.4, 0.5) is 0 Å². The minimum absolute atomic E-state index is 0.0281. The third-order valence-corrected chi connectivity index (χ3v) is 8.81. The molecule has 1 N–H and O–H groups in total. The number of benzene rings is 2. The monoisotopic (exact) mass is 456 g/mol. The second-order valence-corrected chi connectivity index (χ2v) is 11.1. The van der Waals surface area contributed by atoms with Gasteiger partial charge in [-0.15, -0.1) is 23.5 Å². The number of likely N-dealkylation sites (tertiary alicyclic amines) is 1. The van der Waals surface area contributed by atoms with Crippen LogP contribution >= 0.6 is 23.5 Å². The first-order valence-corrected chi connectivity index (χ1v) is 13.3. The molecule has 6 heteroatoms. The molecule has 4 rings (SSSR count). The molecule has 0 atom stereocenters. The van der Waals surface area contributed by atoms with E-state index in [2.05, 4.69) is 53.5 Å². The van der Waals surface area contributed by atoms with Crippen LogP contribution in [0.2, 0.25) is 0 Å². The average Bonchev–Trinajstić information content (AvgIpc) is 2.80. The van der Waals surface area contributed by atoms with E-state index in [4.69, 9.17) is 4.74 Å². The summed E-state index contributed by atoms with van der Waals surface area (Å²) in [7, 11) is 0. The molecular weight excluding hydrogens is 424 g/mol. The van der Waals surface area contributed by atoms with Gasteiger partial charge in [0.25, 0.3) is 5.91 Å². The van der Waals surface area contributed by atoms with Crippen LogP contribution in [0.1, 0.15) is 40.5 Å². The van der Waals surface area contributed by atoms with E-state index in [0.29, 0.717) is 4.58 Å². The minimum Gasteiger partial charge on any atom is -0.484 e. The molecule has 166 valence electrons. The quantitative estimate of drug-likeness (QED) is 0.633. The molecule has 4 nitrogen and oxygen atoms in total. The van der Waals surface area contributed by atoms with Crippen LogP contribution in [0.25, 0.3) is 0 Å². The summed E-state index contributed by atoms with van der Waals surface area (Å²) in [4.78, 5) is 14.8. The predicted molar refractivity (Wildman–Crippen MR) is 132 cm³/mol. The van der Waals surface area contributed by atoms with Crippen molar-refractivity contribution in [1.29, 1.82) is 0 Å². The van der Waals surface area contributed by atoms with Crippen molar-refractivity contribution >= 4 is 29.4 Å². The zero-order valence-corrected chi connectivity index (χ0v) is 19.9. The molecule has 2 saturated heterocycles. The van der Waals surface area contributed by atoms with Crippen LogP contribution in [0.5, 0.6) is 5.75 Å². The highest BCUT2D eigenvalue weighted by molar-refractivity contribution is 8.16. The Hall–Kier alpha value is -1.63. The molecule has 0 aliphatic carbocycles. The zero-order valence-electron chi connectivity index (χ0n) is 18.2. The average molecular weight is 457 g/mol. The Kier molecular flexibility index (Phi) is 8.22. The lowest BCUT2D eigenvalue weighted by Gasteiger charge is -2.32. The van der Waals surface area contributed by atoms with Gasteiger partial charge in [0.1, 0.15) is 5.75 Å². The normalized spacial score (nSPS) is 18.6. The standard InChI is InChI=1S/C25H32N2O2S2/c1-19-4-2-5-20(16-19)17-27-12-10-22(11-13-27)26-24(28)18-29-23-8-6-21(7-9-23)25-30-14-3-15-31-25/h2,4-9,16,22,25H,3,10-15,17-18H2,1H3,(H,26,28). The number of hydrogen-bond donors (Lipinski definition) is 1. The van der Waals surface area contributed by atoms with Crippen molar-refractivity contribution in [2.75, 3.05) is 31.2 Å². The topological polar surface area (TPSA) is 41.6 Å². The van der Waals surface area contributed by atoms with E-state index >= 15 is 0 Å². The van der Waals surface area contributed by atoms with E-state index in [1.807, 2.05) is 35.7 Å². The van der Waals surface area contributed by atoms with Gasteiger partial charge in [-0.3, -0.25) is 9.69 Å². The van der Waals surface area contributed by atoms with Gasteiger partial charge >= 0.3 is 0 Å². The van der Waals surface area contributed by atoms with E-state index in [-0.39, 0.29) is 18.6 Å². The van der Waals surface area contributed by atoms with Crippen molar-refractivity contribution in [3.8, 4) is 5.75 Å². The van der Waals surface area contributed by atoms with Crippen molar-refractivity contribution in [2.24, 2.45) is 0 Å². The Balaban J connectivity index is 1.16. The van der Waals surface area contributed by atoms with Gasteiger partial charge < -0.3 is 10.1 Å². The van der Waals surface area contributed by atoms with Gasteiger partial charge in [0.15, 0.2) is 6.61 Å². The number of piperidine rings is 1. The maximum atomic E-state index is 12.4. The molecule has 2 heterocycles. The van der Waals surface area contributed by atoms with Gasteiger partial charge in [-0.05, 0) is 61.0 Å². The fourth-order valence-electron chi connectivity index (χ4n) is 4.12. The molecule has 0 unspecified atom stereocenters.